The quantitative estimate of drug-likeness (QED) is 0.923. The van der Waals surface area contributed by atoms with Crippen LogP contribution >= 0.6 is 0 Å². The van der Waals surface area contributed by atoms with Gasteiger partial charge < -0.3 is 9.84 Å². The Balaban J connectivity index is 2.26. The Hall–Kier alpha value is -2.02. The highest BCUT2D eigenvalue weighted by molar-refractivity contribution is 5.29. The van der Waals surface area contributed by atoms with Gasteiger partial charge in [0.25, 0.3) is 0 Å². The largest absolute Gasteiger partial charge is 0.481 e. The summed E-state index contributed by atoms with van der Waals surface area (Å²) in [6, 6.07) is 5.08. The molecule has 0 spiro atoms. The molecule has 1 N–H and O–H groups in total. The first-order valence-corrected chi connectivity index (χ1v) is 6.31. The first kappa shape index (κ1) is 15.4. The molecule has 7 heteroatoms. The maximum absolute atomic E-state index is 12.7. The Morgan fingerprint density at radius 2 is 2.10 bits per heavy atom. The lowest BCUT2D eigenvalue weighted by Gasteiger charge is -2.11. The summed E-state index contributed by atoms with van der Waals surface area (Å²) in [6.45, 7) is 0.115. The summed E-state index contributed by atoms with van der Waals surface area (Å²) in [6.07, 6.45) is -2.44. The van der Waals surface area contributed by atoms with Gasteiger partial charge in [-0.15, -0.1) is 0 Å². The third-order valence-electron chi connectivity index (χ3n) is 3.02. The number of rotatable bonds is 5. The van der Waals surface area contributed by atoms with Crippen LogP contribution in [0.2, 0.25) is 0 Å². The molecule has 1 aromatic carbocycles. The van der Waals surface area contributed by atoms with Gasteiger partial charge in [-0.05, 0) is 17.7 Å². The first-order valence-electron chi connectivity index (χ1n) is 6.31. The smallest absolute Gasteiger partial charge is 0.416 e. The molecule has 0 fully saturated rings. The van der Waals surface area contributed by atoms with Gasteiger partial charge >= 0.3 is 6.18 Å². The van der Waals surface area contributed by atoms with Gasteiger partial charge in [0, 0.05) is 18.6 Å². The highest BCUT2D eigenvalue weighted by Gasteiger charge is 2.30. The van der Waals surface area contributed by atoms with Gasteiger partial charge in [0.15, 0.2) is 0 Å². The fraction of sp³-hybridized carbons (Fsp3) is 0.357. The minimum Gasteiger partial charge on any atom is -0.481 e. The minimum atomic E-state index is -4.37. The number of benzene rings is 1. The Morgan fingerprint density at radius 3 is 2.71 bits per heavy atom. The fourth-order valence-electron chi connectivity index (χ4n) is 2.07. The summed E-state index contributed by atoms with van der Waals surface area (Å²) in [5.41, 5.74) is 0.496. The molecule has 0 aliphatic heterocycles. The lowest BCUT2D eigenvalue weighted by atomic mass is 10.1. The van der Waals surface area contributed by atoms with E-state index >= 15 is 0 Å². The molecule has 0 aliphatic rings. The molecule has 0 saturated carbocycles. The summed E-state index contributed by atoms with van der Waals surface area (Å²) < 4.78 is 44.7. The summed E-state index contributed by atoms with van der Waals surface area (Å²) in [7, 11) is 1.46. The Morgan fingerprint density at radius 1 is 1.33 bits per heavy atom. The molecule has 1 aromatic heterocycles. The number of aliphatic hydroxyl groups is 1. The number of methoxy groups -OCH3 is 1. The first-order chi connectivity index (χ1) is 9.95. The molecule has 4 nitrogen and oxygen atoms in total. The average molecular weight is 300 g/mol. The number of ether oxygens (including phenoxy) is 1. The number of hydrogen-bond donors (Lipinski definition) is 1. The van der Waals surface area contributed by atoms with Gasteiger partial charge in [0.2, 0.25) is 5.88 Å². The zero-order valence-corrected chi connectivity index (χ0v) is 11.4. The van der Waals surface area contributed by atoms with Crippen molar-refractivity contribution >= 4 is 0 Å². The molecule has 0 radical (unpaired) electrons. The average Bonchev–Trinajstić information content (AvgIpc) is 2.80. The van der Waals surface area contributed by atoms with Crippen molar-refractivity contribution in [2.75, 3.05) is 13.7 Å². The number of halogens is 3. The highest BCUT2D eigenvalue weighted by atomic mass is 19.4. The third kappa shape index (κ3) is 3.55. The SMILES string of the molecule is COc1c(CCO)cnn1Cc1cccc(C(F)(F)F)c1. The molecule has 114 valence electrons. The zero-order valence-electron chi connectivity index (χ0n) is 11.4. The Labute approximate surface area is 119 Å². The second kappa shape index (κ2) is 6.17. The lowest BCUT2D eigenvalue weighted by Crippen LogP contribution is -2.08. The van der Waals surface area contributed by atoms with E-state index in [1.54, 1.807) is 12.3 Å². The van der Waals surface area contributed by atoms with Crippen molar-refractivity contribution in [3.63, 3.8) is 0 Å². The molecule has 2 rings (SSSR count). The van der Waals surface area contributed by atoms with Crippen LogP contribution in [0.4, 0.5) is 13.2 Å². The molecule has 2 aromatic rings. The van der Waals surface area contributed by atoms with Gasteiger partial charge in [-0.2, -0.15) is 18.3 Å². The van der Waals surface area contributed by atoms with E-state index < -0.39 is 11.7 Å². The van der Waals surface area contributed by atoms with E-state index in [4.69, 9.17) is 9.84 Å². The third-order valence-corrected chi connectivity index (χ3v) is 3.02. The number of aromatic nitrogens is 2. The standard InChI is InChI=1S/C14H15F3N2O2/c1-21-13-11(5-6-20)8-18-19(13)9-10-3-2-4-12(7-10)14(15,16)17/h2-4,7-8,20H,5-6,9H2,1H3. The van der Waals surface area contributed by atoms with Gasteiger partial charge in [-0.3, -0.25) is 0 Å². The molecule has 0 amide bonds. The lowest BCUT2D eigenvalue weighted by molar-refractivity contribution is -0.137. The van der Waals surface area contributed by atoms with Crippen LogP contribution in [0.1, 0.15) is 16.7 Å². The van der Waals surface area contributed by atoms with Crippen molar-refractivity contribution in [2.24, 2.45) is 0 Å². The summed E-state index contributed by atoms with van der Waals surface area (Å²) in [5.74, 6) is 0.446. The maximum Gasteiger partial charge on any atom is 0.416 e. The molecule has 0 bridgehead atoms. The molecule has 21 heavy (non-hydrogen) atoms. The van der Waals surface area contributed by atoms with Gasteiger partial charge in [-0.1, -0.05) is 12.1 Å². The fourth-order valence-corrected chi connectivity index (χ4v) is 2.07. The second-order valence-corrected chi connectivity index (χ2v) is 4.51. The number of aliphatic hydroxyl groups excluding tert-OH is 1. The normalized spacial score (nSPS) is 11.7. The molecular weight excluding hydrogens is 285 g/mol. The van der Waals surface area contributed by atoms with Crippen LogP contribution in [0.15, 0.2) is 30.5 Å². The van der Waals surface area contributed by atoms with E-state index in [1.807, 2.05) is 0 Å². The van der Waals surface area contributed by atoms with Crippen LogP contribution in [0.5, 0.6) is 5.88 Å². The molecule has 0 saturated heterocycles. The minimum absolute atomic E-state index is 0.0500. The van der Waals surface area contributed by atoms with Crippen LogP contribution in [0, 0.1) is 0 Å². The van der Waals surface area contributed by atoms with Crippen molar-refractivity contribution in [3.8, 4) is 5.88 Å². The highest BCUT2D eigenvalue weighted by Crippen LogP contribution is 2.30. The molecule has 0 atom stereocenters. The zero-order chi connectivity index (χ0) is 15.5. The number of nitrogens with zero attached hydrogens (tertiary/aromatic N) is 2. The number of hydrogen-bond acceptors (Lipinski definition) is 3. The molecule has 0 aliphatic carbocycles. The van der Waals surface area contributed by atoms with E-state index in [1.165, 1.54) is 17.9 Å². The van der Waals surface area contributed by atoms with Crippen molar-refractivity contribution in [3.05, 3.63) is 47.2 Å². The maximum atomic E-state index is 12.7. The van der Waals surface area contributed by atoms with Crippen LogP contribution in [-0.4, -0.2) is 28.6 Å². The van der Waals surface area contributed by atoms with Crippen molar-refractivity contribution in [1.29, 1.82) is 0 Å². The summed E-state index contributed by atoms with van der Waals surface area (Å²) in [4.78, 5) is 0. The van der Waals surface area contributed by atoms with Crippen LogP contribution in [0.25, 0.3) is 0 Å². The van der Waals surface area contributed by atoms with Crippen molar-refractivity contribution in [1.82, 2.24) is 9.78 Å². The monoisotopic (exact) mass is 300 g/mol. The predicted molar refractivity (Wildman–Crippen MR) is 70.1 cm³/mol. The number of alkyl halides is 3. The van der Waals surface area contributed by atoms with E-state index in [0.29, 0.717) is 23.4 Å². The van der Waals surface area contributed by atoms with Crippen molar-refractivity contribution in [2.45, 2.75) is 19.1 Å². The van der Waals surface area contributed by atoms with E-state index in [-0.39, 0.29) is 13.2 Å². The van der Waals surface area contributed by atoms with E-state index in [0.717, 1.165) is 12.1 Å². The predicted octanol–water partition coefficient (Wildman–Crippen LogP) is 2.49. The van der Waals surface area contributed by atoms with Crippen LogP contribution < -0.4 is 4.74 Å². The van der Waals surface area contributed by atoms with Crippen LogP contribution in [-0.2, 0) is 19.1 Å². The summed E-state index contributed by atoms with van der Waals surface area (Å²) in [5, 5.41) is 13.0. The van der Waals surface area contributed by atoms with E-state index in [9.17, 15) is 13.2 Å². The summed E-state index contributed by atoms with van der Waals surface area (Å²) >= 11 is 0. The Kier molecular flexibility index (Phi) is 4.52. The topological polar surface area (TPSA) is 47.3 Å². The molecular formula is C14H15F3N2O2. The van der Waals surface area contributed by atoms with Gasteiger partial charge in [0.05, 0.1) is 25.4 Å². The van der Waals surface area contributed by atoms with Gasteiger partial charge in [0.1, 0.15) is 0 Å². The molecule has 1 heterocycles. The second-order valence-electron chi connectivity index (χ2n) is 4.51. The Bertz CT molecular complexity index is 609. The van der Waals surface area contributed by atoms with E-state index in [2.05, 4.69) is 5.10 Å². The van der Waals surface area contributed by atoms with Crippen molar-refractivity contribution < 1.29 is 23.0 Å². The van der Waals surface area contributed by atoms with Gasteiger partial charge in [-0.25, -0.2) is 4.68 Å². The molecule has 0 unspecified atom stereocenters. The van der Waals surface area contributed by atoms with Crippen LogP contribution in [0.3, 0.4) is 0 Å².